The first-order chi connectivity index (χ1) is 8.61. The van der Waals surface area contributed by atoms with Crippen LogP contribution in [0.4, 0.5) is 5.69 Å². The van der Waals surface area contributed by atoms with Crippen LogP contribution in [0.5, 0.6) is 5.88 Å². The zero-order valence-corrected chi connectivity index (χ0v) is 10.3. The monoisotopic (exact) mass is 267 g/mol. The Morgan fingerprint density at radius 2 is 2.22 bits per heavy atom. The molecule has 0 fully saturated rings. The van der Waals surface area contributed by atoms with Gasteiger partial charge in [-0.05, 0) is 6.07 Å². The third-order valence-corrected chi connectivity index (χ3v) is 2.56. The topological polar surface area (TPSA) is 95.9 Å². The lowest BCUT2D eigenvalue weighted by Gasteiger charge is -2.06. The highest BCUT2D eigenvalue weighted by atomic mass is 35.5. The number of nitrogens with zero attached hydrogens (tertiary/aromatic N) is 4. The molecule has 2 aromatic rings. The molecule has 0 amide bonds. The maximum Gasteiger partial charge on any atom is 0.278 e. The van der Waals surface area contributed by atoms with Crippen molar-refractivity contribution in [3.63, 3.8) is 0 Å². The lowest BCUT2D eigenvalue weighted by Crippen LogP contribution is -2.24. The number of anilines is 1. The van der Waals surface area contributed by atoms with Gasteiger partial charge < -0.3 is 10.5 Å². The number of hydrogen-bond donors (Lipinski definition) is 1. The molecule has 0 radical (unpaired) electrons. The summed E-state index contributed by atoms with van der Waals surface area (Å²) in [6.07, 6.45) is 1.31. The Labute approximate surface area is 107 Å². The highest BCUT2D eigenvalue weighted by molar-refractivity contribution is 6.31. The van der Waals surface area contributed by atoms with Gasteiger partial charge in [-0.25, -0.2) is 4.98 Å². The summed E-state index contributed by atoms with van der Waals surface area (Å²) < 4.78 is 6.19. The first kappa shape index (κ1) is 12.3. The molecule has 8 heteroatoms. The molecule has 0 saturated carbocycles. The van der Waals surface area contributed by atoms with Crippen molar-refractivity contribution in [3.05, 3.63) is 39.7 Å². The highest BCUT2D eigenvalue weighted by Gasteiger charge is 2.07. The number of nitrogen functional groups attached to an aromatic ring is 1. The van der Waals surface area contributed by atoms with Crippen molar-refractivity contribution in [2.75, 3.05) is 12.8 Å². The second-order valence-corrected chi connectivity index (χ2v) is 3.81. The fourth-order valence-corrected chi connectivity index (χ4v) is 1.44. The largest absolute Gasteiger partial charge is 0.480 e. The molecule has 0 aromatic carbocycles. The molecule has 18 heavy (non-hydrogen) atoms. The van der Waals surface area contributed by atoms with Crippen molar-refractivity contribution in [2.45, 2.75) is 6.54 Å². The molecule has 0 aliphatic rings. The summed E-state index contributed by atoms with van der Waals surface area (Å²) >= 11 is 5.63. The van der Waals surface area contributed by atoms with E-state index in [-0.39, 0.29) is 17.4 Å². The molecular weight excluding hydrogens is 258 g/mol. The number of nitrogens with two attached hydrogens (primary N) is 1. The van der Waals surface area contributed by atoms with E-state index in [1.165, 1.54) is 18.0 Å². The van der Waals surface area contributed by atoms with Crippen molar-refractivity contribution >= 4 is 17.3 Å². The van der Waals surface area contributed by atoms with E-state index >= 15 is 0 Å². The minimum Gasteiger partial charge on any atom is -0.480 e. The first-order valence-corrected chi connectivity index (χ1v) is 5.36. The minimum absolute atomic E-state index is 0.00272. The van der Waals surface area contributed by atoms with Crippen LogP contribution in [0.3, 0.4) is 0 Å². The van der Waals surface area contributed by atoms with E-state index < -0.39 is 5.56 Å². The molecule has 0 aliphatic carbocycles. The van der Waals surface area contributed by atoms with Crippen LogP contribution >= 0.6 is 11.6 Å². The zero-order valence-electron chi connectivity index (χ0n) is 9.50. The SMILES string of the molecule is COc1ccc(Cn2cnc(Cl)c(N)c2=O)nn1. The number of hydrogen-bond acceptors (Lipinski definition) is 6. The van der Waals surface area contributed by atoms with E-state index in [9.17, 15) is 4.79 Å². The molecule has 2 heterocycles. The van der Waals surface area contributed by atoms with Crippen LogP contribution < -0.4 is 16.0 Å². The molecule has 0 bridgehead atoms. The van der Waals surface area contributed by atoms with Gasteiger partial charge in [0.05, 0.1) is 25.7 Å². The Morgan fingerprint density at radius 3 is 2.83 bits per heavy atom. The normalized spacial score (nSPS) is 10.3. The molecule has 0 unspecified atom stereocenters. The van der Waals surface area contributed by atoms with Gasteiger partial charge in [0.1, 0.15) is 5.69 Å². The second kappa shape index (κ2) is 5.01. The summed E-state index contributed by atoms with van der Waals surface area (Å²) in [5.74, 6) is 0.403. The summed E-state index contributed by atoms with van der Waals surface area (Å²) in [6.45, 7) is 0.212. The van der Waals surface area contributed by atoms with Crippen LogP contribution in [0.25, 0.3) is 0 Å². The minimum atomic E-state index is -0.410. The molecule has 94 valence electrons. The summed E-state index contributed by atoms with van der Waals surface area (Å²) in [5.41, 5.74) is 5.59. The van der Waals surface area contributed by atoms with Crippen LogP contribution in [-0.4, -0.2) is 26.9 Å². The average molecular weight is 268 g/mol. The van der Waals surface area contributed by atoms with Gasteiger partial charge in [0.15, 0.2) is 5.15 Å². The fraction of sp³-hybridized carbons (Fsp3) is 0.200. The van der Waals surface area contributed by atoms with Crippen LogP contribution in [0.2, 0.25) is 5.15 Å². The maximum absolute atomic E-state index is 11.8. The van der Waals surface area contributed by atoms with Crippen molar-refractivity contribution in [1.29, 1.82) is 0 Å². The van der Waals surface area contributed by atoms with E-state index in [0.29, 0.717) is 11.6 Å². The third kappa shape index (κ3) is 2.40. The van der Waals surface area contributed by atoms with Gasteiger partial charge in [-0.1, -0.05) is 11.6 Å². The van der Waals surface area contributed by atoms with E-state index in [2.05, 4.69) is 15.2 Å². The van der Waals surface area contributed by atoms with Gasteiger partial charge in [-0.3, -0.25) is 9.36 Å². The van der Waals surface area contributed by atoms with Gasteiger partial charge in [-0.15, -0.1) is 10.2 Å². The number of rotatable bonds is 3. The average Bonchev–Trinajstić information content (AvgIpc) is 2.40. The number of ether oxygens (including phenoxy) is 1. The van der Waals surface area contributed by atoms with Crippen molar-refractivity contribution < 1.29 is 4.74 Å². The van der Waals surface area contributed by atoms with Gasteiger partial charge in [0.25, 0.3) is 5.56 Å². The molecular formula is C10H10ClN5O2. The van der Waals surface area contributed by atoms with Gasteiger partial charge in [-0.2, -0.15) is 0 Å². The van der Waals surface area contributed by atoms with E-state index in [1.54, 1.807) is 12.1 Å². The van der Waals surface area contributed by atoms with E-state index in [1.807, 2.05) is 0 Å². The highest BCUT2D eigenvalue weighted by Crippen LogP contribution is 2.09. The van der Waals surface area contributed by atoms with E-state index in [0.717, 1.165) is 0 Å². The van der Waals surface area contributed by atoms with Crippen LogP contribution in [0.1, 0.15) is 5.69 Å². The number of aromatic nitrogens is 4. The molecule has 7 nitrogen and oxygen atoms in total. The fourth-order valence-electron chi connectivity index (χ4n) is 1.31. The van der Waals surface area contributed by atoms with Crippen molar-refractivity contribution in [3.8, 4) is 5.88 Å². The smallest absolute Gasteiger partial charge is 0.278 e. The second-order valence-electron chi connectivity index (χ2n) is 3.45. The Hall–Kier alpha value is -2.15. The Morgan fingerprint density at radius 1 is 1.44 bits per heavy atom. The molecule has 2 aromatic heterocycles. The molecule has 2 rings (SSSR count). The third-order valence-electron chi connectivity index (χ3n) is 2.26. The van der Waals surface area contributed by atoms with Crippen LogP contribution in [0, 0.1) is 0 Å². The number of methoxy groups -OCH3 is 1. The summed E-state index contributed by atoms with van der Waals surface area (Å²) in [5, 5.41) is 7.70. The summed E-state index contributed by atoms with van der Waals surface area (Å²) in [7, 11) is 1.50. The van der Waals surface area contributed by atoms with Gasteiger partial charge >= 0.3 is 0 Å². The van der Waals surface area contributed by atoms with Crippen LogP contribution in [0.15, 0.2) is 23.3 Å². The molecule has 0 atom stereocenters. The van der Waals surface area contributed by atoms with Crippen molar-refractivity contribution in [1.82, 2.24) is 19.7 Å². The Bertz CT molecular complexity index is 611. The Balaban J connectivity index is 2.28. The van der Waals surface area contributed by atoms with Gasteiger partial charge in [0, 0.05) is 6.07 Å². The molecule has 0 spiro atoms. The summed E-state index contributed by atoms with van der Waals surface area (Å²) in [6, 6.07) is 3.35. The standard InChI is InChI=1S/C10H10ClN5O2/c1-18-7-3-2-6(14-15-7)4-16-5-13-9(11)8(12)10(16)17/h2-3,5H,4,12H2,1H3. The quantitative estimate of drug-likeness (QED) is 0.805. The molecule has 0 saturated heterocycles. The predicted molar refractivity (Wildman–Crippen MR) is 65.6 cm³/mol. The molecule has 0 aliphatic heterocycles. The summed E-state index contributed by atoms with van der Waals surface area (Å²) in [4.78, 5) is 15.6. The Kier molecular flexibility index (Phi) is 3.42. The van der Waals surface area contributed by atoms with Crippen molar-refractivity contribution in [2.24, 2.45) is 0 Å². The van der Waals surface area contributed by atoms with Gasteiger partial charge in [0.2, 0.25) is 5.88 Å². The number of halogens is 1. The first-order valence-electron chi connectivity index (χ1n) is 4.99. The van der Waals surface area contributed by atoms with Crippen LogP contribution in [-0.2, 0) is 6.54 Å². The zero-order chi connectivity index (χ0) is 13.1. The van der Waals surface area contributed by atoms with E-state index in [4.69, 9.17) is 22.1 Å². The maximum atomic E-state index is 11.8. The lowest BCUT2D eigenvalue weighted by molar-refractivity contribution is 0.391. The molecule has 2 N–H and O–H groups in total. The lowest BCUT2D eigenvalue weighted by atomic mass is 10.4. The predicted octanol–water partition coefficient (Wildman–Crippen LogP) is 0.326.